The maximum Gasteiger partial charge on any atom is 0.237 e. The van der Waals surface area contributed by atoms with Crippen LogP contribution in [0.4, 0.5) is 0 Å². The molecule has 1 amide bonds. The number of carbonyl (C=O) groups excluding carboxylic acids is 1. The molecule has 0 saturated heterocycles. The number of thioether (sulfide) groups is 1. The summed E-state index contributed by atoms with van der Waals surface area (Å²) in [5.74, 6) is 0.796. The fraction of sp³-hybridized carbons (Fsp3) is 0.545. The summed E-state index contributed by atoms with van der Waals surface area (Å²) in [5.41, 5.74) is 5.79. The number of carbonyl (C=O) groups is 1. The van der Waals surface area contributed by atoms with Crippen LogP contribution in [0.25, 0.3) is 0 Å². The molecule has 0 saturated carbocycles. The average Bonchev–Trinajstić information content (AvgIpc) is 2.72. The largest absolute Gasteiger partial charge is 0.347 e. The Morgan fingerprint density at radius 3 is 2.88 bits per heavy atom. The second-order valence-electron chi connectivity index (χ2n) is 3.76. The standard InChI is InChI=1S/C11H17ClN2OS2/c1-7(9-3-4-10(12)17-9)14-11(15)8(13)5-6-16-2/h3-4,7-8H,5-6,13H2,1-2H3,(H,14,15)/t7?,8-/m0/s1. The molecule has 0 aliphatic carbocycles. The number of hydrogen-bond acceptors (Lipinski definition) is 4. The fourth-order valence-corrected chi connectivity index (χ4v) is 2.88. The van der Waals surface area contributed by atoms with E-state index in [-0.39, 0.29) is 11.9 Å². The van der Waals surface area contributed by atoms with Crippen molar-refractivity contribution >= 4 is 40.6 Å². The summed E-state index contributed by atoms with van der Waals surface area (Å²) in [6, 6.07) is 3.28. The van der Waals surface area contributed by atoms with E-state index in [1.807, 2.05) is 25.3 Å². The number of amides is 1. The molecule has 0 fully saturated rings. The summed E-state index contributed by atoms with van der Waals surface area (Å²) in [4.78, 5) is 12.8. The number of hydrogen-bond donors (Lipinski definition) is 2. The fourth-order valence-electron chi connectivity index (χ4n) is 1.33. The Labute approximate surface area is 115 Å². The molecule has 3 nitrogen and oxygen atoms in total. The molecule has 2 atom stereocenters. The third kappa shape index (κ3) is 4.87. The highest BCUT2D eigenvalue weighted by Crippen LogP contribution is 2.26. The van der Waals surface area contributed by atoms with Gasteiger partial charge in [-0.1, -0.05) is 11.6 Å². The lowest BCUT2D eigenvalue weighted by molar-refractivity contribution is -0.123. The zero-order chi connectivity index (χ0) is 12.8. The third-order valence-corrected chi connectivity index (χ3v) is 4.41. The van der Waals surface area contributed by atoms with E-state index in [1.165, 1.54) is 11.3 Å². The van der Waals surface area contributed by atoms with Gasteiger partial charge in [-0.3, -0.25) is 4.79 Å². The molecule has 1 aromatic heterocycles. The van der Waals surface area contributed by atoms with Gasteiger partial charge < -0.3 is 11.1 Å². The Bertz CT molecular complexity index is 370. The van der Waals surface area contributed by atoms with Gasteiger partial charge in [0.15, 0.2) is 0 Å². The van der Waals surface area contributed by atoms with Crippen LogP contribution in [0.1, 0.15) is 24.3 Å². The van der Waals surface area contributed by atoms with Crippen LogP contribution in [0.15, 0.2) is 12.1 Å². The first-order valence-corrected chi connectivity index (χ1v) is 7.93. The second-order valence-corrected chi connectivity index (χ2v) is 6.49. The molecule has 0 aromatic carbocycles. The van der Waals surface area contributed by atoms with E-state index in [4.69, 9.17) is 17.3 Å². The predicted molar refractivity (Wildman–Crippen MR) is 76.9 cm³/mol. The van der Waals surface area contributed by atoms with Crippen molar-refractivity contribution in [2.75, 3.05) is 12.0 Å². The first-order chi connectivity index (χ1) is 8.04. The Hall–Kier alpha value is -0.230. The zero-order valence-electron chi connectivity index (χ0n) is 9.90. The summed E-state index contributed by atoms with van der Waals surface area (Å²) >= 11 is 9.01. The molecule has 96 valence electrons. The first kappa shape index (κ1) is 14.8. The molecule has 17 heavy (non-hydrogen) atoms. The minimum absolute atomic E-state index is 0.0414. The molecular weight excluding hydrogens is 276 g/mol. The molecular formula is C11H17ClN2OS2. The first-order valence-electron chi connectivity index (χ1n) is 5.34. The van der Waals surface area contributed by atoms with Gasteiger partial charge in [-0.25, -0.2) is 0 Å². The summed E-state index contributed by atoms with van der Waals surface area (Å²) in [5, 5.41) is 2.90. The van der Waals surface area contributed by atoms with E-state index in [1.54, 1.807) is 11.8 Å². The average molecular weight is 293 g/mol. The molecule has 0 bridgehead atoms. The molecule has 0 aliphatic rings. The highest BCUT2D eigenvalue weighted by molar-refractivity contribution is 7.98. The molecule has 1 rings (SSSR count). The molecule has 0 spiro atoms. The van der Waals surface area contributed by atoms with Crippen molar-refractivity contribution in [3.05, 3.63) is 21.3 Å². The van der Waals surface area contributed by atoms with Gasteiger partial charge in [0.1, 0.15) is 0 Å². The zero-order valence-corrected chi connectivity index (χ0v) is 12.3. The van der Waals surface area contributed by atoms with Crippen LogP contribution in [-0.2, 0) is 4.79 Å². The summed E-state index contributed by atoms with van der Waals surface area (Å²) < 4.78 is 0.729. The number of nitrogens with two attached hydrogens (primary N) is 1. The molecule has 3 N–H and O–H groups in total. The van der Waals surface area contributed by atoms with Gasteiger partial charge in [-0.2, -0.15) is 11.8 Å². The van der Waals surface area contributed by atoms with Gasteiger partial charge in [0.05, 0.1) is 16.4 Å². The van der Waals surface area contributed by atoms with E-state index < -0.39 is 6.04 Å². The van der Waals surface area contributed by atoms with Crippen molar-refractivity contribution in [1.29, 1.82) is 0 Å². The van der Waals surface area contributed by atoms with E-state index in [0.29, 0.717) is 6.42 Å². The maximum absolute atomic E-state index is 11.8. The molecule has 1 aromatic rings. The summed E-state index contributed by atoms with van der Waals surface area (Å²) in [6.45, 7) is 1.93. The van der Waals surface area contributed by atoms with Gasteiger partial charge in [0.25, 0.3) is 0 Å². The molecule has 6 heteroatoms. The van der Waals surface area contributed by atoms with Gasteiger partial charge in [0.2, 0.25) is 5.91 Å². The van der Waals surface area contributed by atoms with Crippen molar-refractivity contribution in [3.63, 3.8) is 0 Å². The van der Waals surface area contributed by atoms with Crippen LogP contribution in [0.3, 0.4) is 0 Å². The Kier molecular flexibility index (Phi) is 6.33. The van der Waals surface area contributed by atoms with Crippen molar-refractivity contribution < 1.29 is 4.79 Å². The summed E-state index contributed by atoms with van der Waals surface area (Å²) in [6.07, 6.45) is 2.70. The monoisotopic (exact) mass is 292 g/mol. The highest BCUT2D eigenvalue weighted by atomic mass is 35.5. The van der Waals surface area contributed by atoms with Gasteiger partial charge in [-0.05, 0) is 37.5 Å². The van der Waals surface area contributed by atoms with Crippen molar-refractivity contribution in [2.24, 2.45) is 5.73 Å². The molecule has 0 aliphatic heterocycles. The lowest BCUT2D eigenvalue weighted by atomic mass is 10.2. The van der Waals surface area contributed by atoms with E-state index >= 15 is 0 Å². The Morgan fingerprint density at radius 2 is 2.35 bits per heavy atom. The number of thiophene rings is 1. The SMILES string of the molecule is CSCC[C@H](N)C(=O)NC(C)c1ccc(Cl)s1. The van der Waals surface area contributed by atoms with Crippen LogP contribution in [0.2, 0.25) is 4.34 Å². The predicted octanol–water partition coefficient (Wildman–Crippen LogP) is 2.66. The van der Waals surface area contributed by atoms with Gasteiger partial charge >= 0.3 is 0 Å². The van der Waals surface area contributed by atoms with Crippen LogP contribution in [0.5, 0.6) is 0 Å². The van der Waals surface area contributed by atoms with E-state index in [2.05, 4.69) is 5.32 Å². The van der Waals surface area contributed by atoms with Crippen LogP contribution < -0.4 is 11.1 Å². The molecule has 1 heterocycles. The van der Waals surface area contributed by atoms with E-state index in [0.717, 1.165) is 15.0 Å². The lowest BCUT2D eigenvalue weighted by Crippen LogP contribution is -2.41. The quantitative estimate of drug-likeness (QED) is 0.847. The minimum atomic E-state index is -0.430. The van der Waals surface area contributed by atoms with Crippen LogP contribution in [0, 0.1) is 0 Å². The van der Waals surface area contributed by atoms with Crippen LogP contribution >= 0.6 is 34.7 Å². The third-order valence-electron chi connectivity index (χ3n) is 2.35. The molecule has 0 radical (unpaired) electrons. The number of halogens is 1. The second kappa shape index (κ2) is 7.26. The molecule has 1 unspecified atom stereocenters. The van der Waals surface area contributed by atoms with Crippen LogP contribution in [-0.4, -0.2) is 24.0 Å². The van der Waals surface area contributed by atoms with Crippen molar-refractivity contribution in [3.8, 4) is 0 Å². The van der Waals surface area contributed by atoms with Crippen molar-refractivity contribution in [1.82, 2.24) is 5.32 Å². The number of rotatable bonds is 6. The Balaban J connectivity index is 2.45. The summed E-state index contributed by atoms with van der Waals surface area (Å²) in [7, 11) is 0. The lowest BCUT2D eigenvalue weighted by Gasteiger charge is -2.16. The topological polar surface area (TPSA) is 55.1 Å². The highest BCUT2D eigenvalue weighted by Gasteiger charge is 2.17. The van der Waals surface area contributed by atoms with Gasteiger partial charge in [0, 0.05) is 4.88 Å². The normalized spacial score (nSPS) is 14.4. The smallest absolute Gasteiger partial charge is 0.237 e. The minimum Gasteiger partial charge on any atom is -0.347 e. The maximum atomic E-state index is 11.8. The van der Waals surface area contributed by atoms with Crippen molar-refractivity contribution in [2.45, 2.75) is 25.4 Å². The van der Waals surface area contributed by atoms with E-state index in [9.17, 15) is 4.79 Å². The number of nitrogens with one attached hydrogen (secondary N) is 1. The van der Waals surface area contributed by atoms with Gasteiger partial charge in [-0.15, -0.1) is 11.3 Å². The Morgan fingerprint density at radius 1 is 1.65 bits per heavy atom.